The summed E-state index contributed by atoms with van der Waals surface area (Å²) in [5, 5.41) is 21.3. The monoisotopic (exact) mass is 295 g/mol. The summed E-state index contributed by atoms with van der Waals surface area (Å²) in [7, 11) is 0. The number of H-pyrrole nitrogens is 2. The third-order valence-electron chi connectivity index (χ3n) is 3.53. The highest BCUT2D eigenvalue weighted by molar-refractivity contribution is 6.30. The minimum Gasteiger partial charge on any atom is -0.382 e. The van der Waals surface area contributed by atoms with Crippen molar-refractivity contribution in [2.24, 2.45) is 0 Å². The smallest absolute Gasteiger partial charge is 0.270 e. The SMILES string of the molecule is O=C(c1cc(Cl)c[nH]1)N1CCC[C@](O)(c2cn[nH]n2)C1. The fraction of sp³-hybridized carbons (Fsp3) is 0.417. The van der Waals surface area contributed by atoms with Crippen LogP contribution in [0.4, 0.5) is 0 Å². The molecule has 1 aliphatic heterocycles. The maximum Gasteiger partial charge on any atom is 0.270 e. The Balaban J connectivity index is 1.80. The number of hydrogen-bond donors (Lipinski definition) is 3. The molecule has 1 fully saturated rings. The minimum atomic E-state index is -1.16. The molecule has 1 atom stereocenters. The van der Waals surface area contributed by atoms with E-state index in [-0.39, 0.29) is 12.5 Å². The molecule has 8 heteroatoms. The van der Waals surface area contributed by atoms with E-state index in [9.17, 15) is 9.90 Å². The molecule has 0 unspecified atom stereocenters. The highest BCUT2D eigenvalue weighted by atomic mass is 35.5. The minimum absolute atomic E-state index is 0.182. The average Bonchev–Trinajstić information content (AvgIpc) is 3.09. The van der Waals surface area contributed by atoms with Crippen LogP contribution in [0.25, 0.3) is 0 Å². The molecule has 7 nitrogen and oxygen atoms in total. The van der Waals surface area contributed by atoms with E-state index in [1.54, 1.807) is 17.2 Å². The van der Waals surface area contributed by atoms with Gasteiger partial charge in [-0.15, -0.1) is 0 Å². The maximum atomic E-state index is 12.4. The third kappa shape index (κ3) is 2.30. The first-order valence-electron chi connectivity index (χ1n) is 6.30. The van der Waals surface area contributed by atoms with Crippen LogP contribution < -0.4 is 0 Å². The van der Waals surface area contributed by atoms with E-state index in [0.29, 0.717) is 35.8 Å². The van der Waals surface area contributed by atoms with E-state index < -0.39 is 5.60 Å². The zero-order valence-electron chi connectivity index (χ0n) is 10.6. The van der Waals surface area contributed by atoms with Crippen LogP contribution in [0.5, 0.6) is 0 Å². The van der Waals surface area contributed by atoms with Crippen molar-refractivity contribution in [1.82, 2.24) is 25.3 Å². The van der Waals surface area contributed by atoms with Crippen LogP contribution in [0.1, 0.15) is 29.0 Å². The second-order valence-corrected chi connectivity index (χ2v) is 5.39. The number of likely N-dealkylation sites (tertiary alicyclic amines) is 1. The Labute approximate surface area is 119 Å². The van der Waals surface area contributed by atoms with Crippen molar-refractivity contribution in [2.75, 3.05) is 13.1 Å². The predicted molar refractivity (Wildman–Crippen MR) is 71.2 cm³/mol. The van der Waals surface area contributed by atoms with E-state index >= 15 is 0 Å². The lowest BCUT2D eigenvalue weighted by molar-refractivity contribution is -0.0321. The molecule has 0 saturated carbocycles. The van der Waals surface area contributed by atoms with Gasteiger partial charge in [-0.1, -0.05) is 11.6 Å². The van der Waals surface area contributed by atoms with Gasteiger partial charge in [0.1, 0.15) is 17.0 Å². The van der Waals surface area contributed by atoms with Crippen molar-refractivity contribution in [1.29, 1.82) is 0 Å². The summed E-state index contributed by atoms with van der Waals surface area (Å²) in [5.41, 5.74) is -0.281. The Morgan fingerprint density at radius 2 is 2.40 bits per heavy atom. The predicted octanol–water partition coefficient (Wildman–Crippen LogP) is 0.910. The van der Waals surface area contributed by atoms with Gasteiger partial charge in [0, 0.05) is 12.7 Å². The number of halogens is 1. The molecule has 0 aromatic carbocycles. The zero-order valence-corrected chi connectivity index (χ0v) is 11.4. The van der Waals surface area contributed by atoms with Crippen LogP contribution in [0.2, 0.25) is 5.02 Å². The zero-order chi connectivity index (χ0) is 14.2. The van der Waals surface area contributed by atoms with Crippen molar-refractivity contribution in [3.8, 4) is 0 Å². The van der Waals surface area contributed by atoms with Gasteiger partial charge < -0.3 is 15.0 Å². The molecule has 1 amide bonds. The molecule has 2 aromatic rings. The van der Waals surface area contributed by atoms with E-state index in [4.69, 9.17) is 11.6 Å². The van der Waals surface area contributed by atoms with E-state index in [0.717, 1.165) is 0 Å². The fourth-order valence-corrected chi connectivity index (χ4v) is 2.67. The first-order chi connectivity index (χ1) is 9.58. The molecule has 0 bridgehead atoms. The molecule has 3 rings (SSSR count). The number of amides is 1. The standard InChI is InChI=1S/C12H14ClN5O2/c13-8-4-9(14-5-8)11(19)18-3-1-2-12(20,7-18)10-6-15-17-16-10/h4-6,14,20H,1-3,7H2,(H,15,16,17)/t12-/m1/s1. The van der Waals surface area contributed by atoms with Crippen molar-refractivity contribution in [3.05, 3.63) is 34.9 Å². The van der Waals surface area contributed by atoms with Crippen LogP contribution in [0.3, 0.4) is 0 Å². The van der Waals surface area contributed by atoms with Crippen LogP contribution in [0.15, 0.2) is 18.5 Å². The van der Waals surface area contributed by atoms with Gasteiger partial charge in [0.2, 0.25) is 0 Å². The summed E-state index contributed by atoms with van der Waals surface area (Å²) in [6.07, 6.45) is 4.29. The molecule has 1 saturated heterocycles. The summed E-state index contributed by atoms with van der Waals surface area (Å²) < 4.78 is 0. The van der Waals surface area contributed by atoms with E-state index in [1.807, 2.05) is 0 Å². The molecule has 3 N–H and O–H groups in total. The maximum absolute atomic E-state index is 12.4. The van der Waals surface area contributed by atoms with Gasteiger partial charge in [0.15, 0.2) is 0 Å². The lowest BCUT2D eigenvalue weighted by Gasteiger charge is -2.37. The third-order valence-corrected chi connectivity index (χ3v) is 3.75. The molecular weight excluding hydrogens is 282 g/mol. The number of aliphatic hydroxyl groups is 1. The van der Waals surface area contributed by atoms with E-state index in [2.05, 4.69) is 20.4 Å². The van der Waals surface area contributed by atoms with Gasteiger partial charge in [-0.3, -0.25) is 4.79 Å². The Kier molecular flexibility index (Phi) is 3.23. The molecule has 106 valence electrons. The van der Waals surface area contributed by atoms with Gasteiger partial charge in [-0.05, 0) is 18.9 Å². The normalized spacial score (nSPS) is 23.0. The summed E-state index contributed by atoms with van der Waals surface area (Å²) in [5.74, 6) is -0.182. The number of aromatic nitrogens is 4. The van der Waals surface area contributed by atoms with Gasteiger partial charge in [-0.2, -0.15) is 15.4 Å². The Hall–Kier alpha value is -1.86. The fourth-order valence-electron chi connectivity index (χ4n) is 2.51. The van der Waals surface area contributed by atoms with Crippen LogP contribution in [-0.4, -0.2) is 49.4 Å². The van der Waals surface area contributed by atoms with Gasteiger partial charge in [0.05, 0.1) is 17.8 Å². The Bertz CT molecular complexity index is 611. The van der Waals surface area contributed by atoms with Crippen molar-refractivity contribution >= 4 is 17.5 Å². The number of piperidine rings is 1. The summed E-state index contributed by atoms with van der Waals surface area (Å²) in [6.45, 7) is 0.782. The number of nitrogens with zero attached hydrogens (tertiary/aromatic N) is 3. The second kappa shape index (κ2) is 4.92. The summed E-state index contributed by atoms with van der Waals surface area (Å²) in [6, 6.07) is 1.58. The number of hydrogen-bond acceptors (Lipinski definition) is 4. The molecule has 0 spiro atoms. The first kappa shape index (κ1) is 13.1. The van der Waals surface area contributed by atoms with Crippen LogP contribution in [0, 0.1) is 0 Å². The number of aromatic amines is 2. The lowest BCUT2D eigenvalue weighted by atomic mass is 9.90. The largest absolute Gasteiger partial charge is 0.382 e. The molecule has 2 aromatic heterocycles. The van der Waals surface area contributed by atoms with Crippen molar-refractivity contribution < 1.29 is 9.90 Å². The molecular formula is C12H14ClN5O2. The van der Waals surface area contributed by atoms with Crippen LogP contribution in [-0.2, 0) is 5.60 Å². The van der Waals surface area contributed by atoms with E-state index in [1.165, 1.54) is 6.20 Å². The van der Waals surface area contributed by atoms with Crippen LogP contribution >= 0.6 is 11.6 Å². The van der Waals surface area contributed by atoms with Gasteiger partial charge >= 0.3 is 0 Å². The average molecular weight is 296 g/mol. The topological polar surface area (TPSA) is 97.9 Å². The first-order valence-corrected chi connectivity index (χ1v) is 6.68. The summed E-state index contributed by atoms with van der Waals surface area (Å²) >= 11 is 5.81. The van der Waals surface area contributed by atoms with Crippen molar-refractivity contribution in [2.45, 2.75) is 18.4 Å². The number of carbonyl (C=O) groups is 1. The Morgan fingerprint density at radius 1 is 1.55 bits per heavy atom. The molecule has 0 radical (unpaired) electrons. The Morgan fingerprint density at radius 3 is 3.05 bits per heavy atom. The number of nitrogens with one attached hydrogen (secondary N) is 2. The number of β-amino-alcohol motifs (C(OH)–C–C–N with tert-alkyl or cyclic N) is 1. The second-order valence-electron chi connectivity index (χ2n) is 4.95. The number of carbonyl (C=O) groups excluding carboxylic acids is 1. The van der Waals surface area contributed by atoms with Crippen molar-refractivity contribution in [3.63, 3.8) is 0 Å². The highest BCUT2D eigenvalue weighted by Gasteiger charge is 2.39. The quantitative estimate of drug-likeness (QED) is 0.767. The molecule has 1 aliphatic rings. The lowest BCUT2D eigenvalue weighted by Crippen LogP contribution is -2.48. The van der Waals surface area contributed by atoms with Gasteiger partial charge in [0.25, 0.3) is 5.91 Å². The highest BCUT2D eigenvalue weighted by Crippen LogP contribution is 2.30. The molecule has 20 heavy (non-hydrogen) atoms. The molecule has 3 heterocycles. The number of rotatable bonds is 2. The molecule has 0 aliphatic carbocycles. The summed E-state index contributed by atoms with van der Waals surface area (Å²) in [4.78, 5) is 16.8. The van der Waals surface area contributed by atoms with Gasteiger partial charge in [-0.25, -0.2) is 0 Å².